The SMILES string of the molecule is CCCC1CC(O)(C2CC2c2ccccc2)CCO1. The summed E-state index contributed by atoms with van der Waals surface area (Å²) in [6.07, 6.45) is 5.24. The van der Waals surface area contributed by atoms with Crippen molar-refractivity contribution >= 4 is 0 Å². The van der Waals surface area contributed by atoms with E-state index in [4.69, 9.17) is 4.74 Å². The Morgan fingerprint density at radius 3 is 2.84 bits per heavy atom. The van der Waals surface area contributed by atoms with Gasteiger partial charge in [-0.25, -0.2) is 0 Å². The van der Waals surface area contributed by atoms with E-state index in [9.17, 15) is 5.11 Å². The fourth-order valence-corrected chi connectivity index (χ4v) is 3.66. The monoisotopic (exact) mass is 260 g/mol. The van der Waals surface area contributed by atoms with Crippen molar-refractivity contribution in [1.29, 1.82) is 0 Å². The van der Waals surface area contributed by atoms with E-state index in [1.807, 2.05) is 0 Å². The van der Waals surface area contributed by atoms with Crippen molar-refractivity contribution in [2.75, 3.05) is 6.61 Å². The smallest absolute Gasteiger partial charge is 0.0728 e. The largest absolute Gasteiger partial charge is 0.389 e. The Kier molecular flexibility index (Phi) is 3.64. The molecule has 0 radical (unpaired) electrons. The molecule has 0 amide bonds. The second-order valence-corrected chi connectivity index (χ2v) is 6.20. The van der Waals surface area contributed by atoms with Gasteiger partial charge in [-0.1, -0.05) is 43.7 Å². The summed E-state index contributed by atoms with van der Waals surface area (Å²) in [4.78, 5) is 0. The predicted octanol–water partition coefficient (Wildman–Crippen LogP) is 3.50. The number of hydrogen-bond acceptors (Lipinski definition) is 2. The summed E-state index contributed by atoms with van der Waals surface area (Å²) in [5.41, 5.74) is 0.901. The normalized spacial score (nSPS) is 38.1. The zero-order chi connectivity index (χ0) is 13.3. The van der Waals surface area contributed by atoms with E-state index >= 15 is 0 Å². The molecule has 0 bridgehead atoms. The summed E-state index contributed by atoms with van der Waals surface area (Å²) in [5.74, 6) is 1.00. The van der Waals surface area contributed by atoms with Crippen molar-refractivity contribution in [3.63, 3.8) is 0 Å². The van der Waals surface area contributed by atoms with Gasteiger partial charge in [-0.3, -0.25) is 0 Å². The molecule has 4 atom stereocenters. The Balaban J connectivity index is 1.66. The van der Waals surface area contributed by atoms with Crippen LogP contribution in [0.2, 0.25) is 0 Å². The van der Waals surface area contributed by atoms with Crippen LogP contribution in [0.15, 0.2) is 30.3 Å². The molecule has 2 aliphatic rings. The van der Waals surface area contributed by atoms with Crippen LogP contribution in [0.25, 0.3) is 0 Å². The fourth-order valence-electron chi connectivity index (χ4n) is 3.66. The molecule has 1 aromatic carbocycles. The Hall–Kier alpha value is -0.860. The number of ether oxygens (including phenoxy) is 1. The maximum absolute atomic E-state index is 11.0. The summed E-state index contributed by atoms with van der Waals surface area (Å²) < 4.78 is 5.77. The van der Waals surface area contributed by atoms with Crippen molar-refractivity contribution < 1.29 is 9.84 Å². The standard InChI is InChI=1S/C17H24O2/c1-2-6-14-12-17(18,9-10-19-14)16-11-15(16)13-7-4-3-5-8-13/h3-5,7-8,14-16,18H,2,6,9-12H2,1H3. The van der Waals surface area contributed by atoms with Crippen molar-refractivity contribution in [2.45, 2.75) is 56.7 Å². The zero-order valence-corrected chi connectivity index (χ0v) is 11.7. The van der Waals surface area contributed by atoms with Crippen LogP contribution in [-0.2, 0) is 4.74 Å². The van der Waals surface area contributed by atoms with Crippen LogP contribution in [-0.4, -0.2) is 23.4 Å². The van der Waals surface area contributed by atoms with Gasteiger partial charge in [0.1, 0.15) is 0 Å². The van der Waals surface area contributed by atoms with Gasteiger partial charge in [0.2, 0.25) is 0 Å². The lowest BCUT2D eigenvalue weighted by molar-refractivity contribution is -0.117. The van der Waals surface area contributed by atoms with Gasteiger partial charge < -0.3 is 9.84 Å². The minimum absolute atomic E-state index is 0.265. The highest BCUT2D eigenvalue weighted by Crippen LogP contribution is 2.56. The lowest BCUT2D eigenvalue weighted by Gasteiger charge is -2.37. The first-order chi connectivity index (χ1) is 9.23. The van der Waals surface area contributed by atoms with E-state index in [1.165, 1.54) is 5.56 Å². The molecule has 1 aliphatic heterocycles. The highest BCUT2D eigenvalue weighted by molar-refractivity contribution is 5.28. The fraction of sp³-hybridized carbons (Fsp3) is 0.647. The predicted molar refractivity (Wildman–Crippen MR) is 76.1 cm³/mol. The minimum Gasteiger partial charge on any atom is -0.389 e. The third-order valence-corrected chi connectivity index (χ3v) is 4.79. The minimum atomic E-state index is -0.488. The van der Waals surface area contributed by atoms with Gasteiger partial charge in [0.15, 0.2) is 0 Å². The van der Waals surface area contributed by atoms with Gasteiger partial charge in [0.05, 0.1) is 11.7 Å². The number of aliphatic hydroxyl groups is 1. The van der Waals surface area contributed by atoms with Gasteiger partial charge in [-0.15, -0.1) is 0 Å². The third-order valence-electron chi connectivity index (χ3n) is 4.79. The summed E-state index contributed by atoms with van der Waals surface area (Å²) >= 11 is 0. The molecule has 2 nitrogen and oxygen atoms in total. The molecule has 3 rings (SSSR count). The summed E-state index contributed by atoms with van der Waals surface area (Å²) in [7, 11) is 0. The number of benzene rings is 1. The van der Waals surface area contributed by atoms with Gasteiger partial charge in [-0.2, -0.15) is 0 Å². The van der Waals surface area contributed by atoms with Gasteiger partial charge in [0, 0.05) is 13.0 Å². The van der Waals surface area contributed by atoms with E-state index in [0.29, 0.717) is 11.8 Å². The Labute approximate surface area is 115 Å². The molecule has 1 saturated carbocycles. The van der Waals surface area contributed by atoms with E-state index in [2.05, 4.69) is 37.3 Å². The Morgan fingerprint density at radius 2 is 2.11 bits per heavy atom. The van der Waals surface area contributed by atoms with Gasteiger partial charge in [0.25, 0.3) is 0 Å². The topological polar surface area (TPSA) is 29.5 Å². The molecule has 0 spiro atoms. The molecule has 19 heavy (non-hydrogen) atoms. The van der Waals surface area contributed by atoms with Crippen molar-refractivity contribution in [1.82, 2.24) is 0 Å². The first kappa shape index (κ1) is 13.1. The van der Waals surface area contributed by atoms with Gasteiger partial charge in [-0.05, 0) is 36.7 Å². The molecule has 4 unspecified atom stereocenters. The lowest BCUT2D eigenvalue weighted by atomic mass is 9.83. The maximum atomic E-state index is 11.0. The molecule has 1 aromatic rings. The van der Waals surface area contributed by atoms with E-state index in [1.54, 1.807) is 0 Å². The molecular formula is C17H24O2. The quantitative estimate of drug-likeness (QED) is 0.898. The van der Waals surface area contributed by atoms with Crippen LogP contribution in [0.4, 0.5) is 0 Å². The molecule has 1 heterocycles. The lowest BCUT2D eigenvalue weighted by Crippen LogP contribution is -2.43. The highest BCUT2D eigenvalue weighted by Gasteiger charge is 2.53. The highest BCUT2D eigenvalue weighted by atomic mass is 16.5. The number of hydrogen-bond donors (Lipinski definition) is 1. The van der Waals surface area contributed by atoms with Gasteiger partial charge >= 0.3 is 0 Å². The van der Waals surface area contributed by atoms with Crippen molar-refractivity contribution in [2.24, 2.45) is 5.92 Å². The molecule has 1 saturated heterocycles. The van der Waals surface area contributed by atoms with E-state index in [0.717, 1.165) is 38.7 Å². The van der Waals surface area contributed by atoms with Crippen molar-refractivity contribution in [3.05, 3.63) is 35.9 Å². The van der Waals surface area contributed by atoms with Crippen LogP contribution in [0, 0.1) is 5.92 Å². The zero-order valence-electron chi connectivity index (χ0n) is 11.7. The van der Waals surface area contributed by atoms with E-state index in [-0.39, 0.29) is 6.10 Å². The van der Waals surface area contributed by atoms with Crippen LogP contribution < -0.4 is 0 Å². The average molecular weight is 260 g/mol. The first-order valence-corrected chi connectivity index (χ1v) is 7.62. The first-order valence-electron chi connectivity index (χ1n) is 7.62. The van der Waals surface area contributed by atoms with Crippen LogP contribution in [0.1, 0.15) is 50.5 Å². The second-order valence-electron chi connectivity index (χ2n) is 6.20. The molecule has 2 heteroatoms. The second kappa shape index (κ2) is 5.26. The average Bonchev–Trinajstić information content (AvgIpc) is 3.21. The molecule has 0 aromatic heterocycles. The van der Waals surface area contributed by atoms with Crippen LogP contribution >= 0.6 is 0 Å². The third kappa shape index (κ3) is 2.70. The molecule has 1 aliphatic carbocycles. The Bertz CT molecular complexity index is 415. The maximum Gasteiger partial charge on any atom is 0.0728 e. The van der Waals surface area contributed by atoms with Crippen LogP contribution in [0.5, 0.6) is 0 Å². The summed E-state index contributed by atoms with van der Waals surface area (Å²) in [6.45, 7) is 2.90. The number of rotatable bonds is 4. The summed E-state index contributed by atoms with van der Waals surface area (Å²) in [6, 6.07) is 10.6. The molecule has 104 valence electrons. The molecule has 2 fully saturated rings. The molecule has 1 N–H and O–H groups in total. The van der Waals surface area contributed by atoms with E-state index < -0.39 is 5.60 Å². The Morgan fingerprint density at radius 1 is 1.32 bits per heavy atom. The van der Waals surface area contributed by atoms with Crippen LogP contribution in [0.3, 0.4) is 0 Å². The summed E-state index contributed by atoms with van der Waals surface area (Å²) in [5, 5.41) is 11.0. The van der Waals surface area contributed by atoms with Crippen molar-refractivity contribution in [3.8, 4) is 0 Å². The molecular weight excluding hydrogens is 236 g/mol.